The quantitative estimate of drug-likeness (QED) is 0.809. The maximum Gasteiger partial charge on any atom is 0.260 e. The fourth-order valence-electron chi connectivity index (χ4n) is 1.77. The molecule has 2 aromatic rings. The number of anilines is 1. The van der Waals surface area contributed by atoms with Crippen molar-refractivity contribution < 1.29 is 13.6 Å². The Hall–Kier alpha value is -2.23. The maximum absolute atomic E-state index is 13.7. The van der Waals surface area contributed by atoms with Gasteiger partial charge in [0.25, 0.3) is 5.91 Å². The van der Waals surface area contributed by atoms with E-state index < -0.39 is 11.7 Å². The van der Waals surface area contributed by atoms with Crippen LogP contribution in [0.2, 0.25) is 0 Å². The summed E-state index contributed by atoms with van der Waals surface area (Å²) in [6.07, 6.45) is 0. The van der Waals surface area contributed by atoms with Crippen LogP contribution in [-0.2, 0) is 0 Å². The third-order valence-electron chi connectivity index (χ3n) is 2.87. The van der Waals surface area contributed by atoms with Crippen LogP contribution >= 0.6 is 0 Å². The van der Waals surface area contributed by atoms with Crippen LogP contribution in [0.1, 0.15) is 15.9 Å². The highest BCUT2D eigenvalue weighted by Gasteiger charge is 2.17. The average molecular weight is 261 g/mol. The Morgan fingerprint density at radius 2 is 1.68 bits per heavy atom. The standard InChI is InChI=1S/C15H13F2NO/c1-10-3-8-14(17)13(9-10)15(19)18(2)12-6-4-11(16)5-7-12/h3-9H,1-2H3. The van der Waals surface area contributed by atoms with Crippen molar-refractivity contribution >= 4 is 11.6 Å². The lowest BCUT2D eigenvalue weighted by Gasteiger charge is -2.18. The summed E-state index contributed by atoms with van der Waals surface area (Å²) in [5.74, 6) is -1.41. The first-order valence-electron chi connectivity index (χ1n) is 5.79. The van der Waals surface area contributed by atoms with Crippen LogP contribution in [0.3, 0.4) is 0 Å². The monoisotopic (exact) mass is 261 g/mol. The van der Waals surface area contributed by atoms with E-state index in [4.69, 9.17) is 0 Å². The lowest BCUT2D eigenvalue weighted by atomic mass is 10.1. The number of nitrogens with zero attached hydrogens (tertiary/aromatic N) is 1. The molecule has 0 fully saturated rings. The second-order valence-corrected chi connectivity index (χ2v) is 4.32. The fourth-order valence-corrected chi connectivity index (χ4v) is 1.77. The van der Waals surface area contributed by atoms with Crippen molar-refractivity contribution in [2.24, 2.45) is 0 Å². The minimum atomic E-state index is -0.565. The first-order chi connectivity index (χ1) is 8.99. The van der Waals surface area contributed by atoms with Gasteiger partial charge in [-0.15, -0.1) is 0 Å². The van der Waals surface area contributed by atoms with Gasteiger partial charge < -0.3 is 4.90 Å². The highest BCUT2D eigenvalue weighted by atomic mass is 19.1. The Kier molecular flexibility index (Phi) is 3.60. The number of rotatable bonds is 2. The molecule has 0 aromatic heterocycles. The van der Waals surface area contributed by atoms with Gasteiger partial charge in [-0.05, 0) is 43.3 Å². The second kappa shape index (κ2) is 5.18. The zero-order chi connectivity index (χ0) is 14.0. The Balaban J connectivity index is 2.33. The molecule has 4 heteroatoms. The smallest absolute Gasteiger partial charge is 0.260 e. The zero-order valence-corrected chi connectivity index (χ0v) is 10.7. The molecule has 0 saturated heterocycles. The molecule has 0 bridgehead atoms. The van der Waals surface area contributed by atoms with Gasteiger partial charge in [0, 0.05) is 12.7 Å². The molecule has 2 nitrogen and oxygen atoms in total. The largest absolute Gasteiger partial charge is 0.311 e. The fraction of sp³-hybridized carbons (Fsp3) is 0.133. The minimum Gasteiger partial charge on any atom is -0.311 e. The van der Waals surface area contributed by atoms with Gasteiger partial charge in [0.05, 0.1) is 5.56 Å². The van der Waals surface area contributed by atoms with Gasteiger partial charge in [-0.1, -0.05) is 11.6 Å². The molecule has 0 saturated carbocycles. The molecule has 0 N–H and O–H groups in total. The minimum absolute atomic E-state index is 0.00632. The first kappa shape index (κ1) is 13.2. The van der Waals surface area contributed by atoms with E-state index in [1.54, 1.807) is 13.0 Å². The van der Waals surface area contributed by atoms with E-state index in [-0.39, 0.29) is 11.4 Å². The molecular weight excluding hydrogens is 248 g/mol. The summed E-state index contributed by atoms with van der Waals surface area (Å²) in [6, 6.07) is 9.82. The summed E-state index contributed by atoms with van der Waals surface area (Å²) in [5, 5.41) is 0. The van der Waals surface area contributed by atoms with E-state index in [9.17, 15) is 13.6 Å². The van der Waals surface area contributed by atoms with Gasteiger partial charge in [0.1, 0.15) is 11.6 Å². The van der Waals surface area contributed by atoms with E-state index >= 15 is 0 Å². The zero-order valence-electron chi connectivity index (χ0n) is 10.7. The van der Waals surface area contributed by atoms with E-state index in [0.29, 0.717) is 5.69 Å². The van der Waals surface area contributed by atoms with Crippen LogP contribution in [0.5, 0.6) is 0 Å². The Morgan fingerprint density at radius 3 is 2.32 bits per heavy atom. The van der Waals surface area contributed by atoms with Crippen molar-refractivity contribution in [2.75, 3.05) is 11.9 Å². The maximum atomic E-state index is 13.7. The van der Waals surface area contributed by atoms with Crippen LogP contribution < -0.4 is 4.90 Å². The van der Waals surface area contributed by atoms with Gasteiger partial charge in [-0.3, -0.25) is 4.79 Å². The van der Waals surface area contributed by atoms with Crippen molar-refractivity contribution in [1.29, 1.82) is 0 Å². The van der Waals surface area contributed by atoms with Gasteiger partial charge in [-0.25, -0.2) is 8.78 Å². The second-order valence-electron chi connectivity index (χ2n) is 4.32. The number of hydrogen-bond donors (Lipinski definition) is 0. The molecule has 1 amide bonds. The van der Waals surface area contributed by atoms with Crippen LogP contribution in [-0.4, -0.2) is 13.0 Å². The van der Waals surface area contributed by atoms with Crippen LogP contribution in [0, 0.1) is 18.6 Å². The van der Waals surface area contributed by atoms with E-state index in [1.165, 1.54) is 48.3 Å². The van der Waals surface area contributed by atoms with Gasteiger partial charge in [-0.2, -0.15) is 0 Å². The third-order valence-corrected chi connectivity index (χ3v) is 2.87. The predicted octanol–water partition coefficient (Wildman–Crippen LogP) is 3.55. The summed E-state index contributed by atoms with van der Waals surface area (Å²) in [5.41, 5.74) is 1.32. The van der Waals surface area contributed by atoms with Crippen molar-refractivity contribution in [2.45, 2.75) is 6.92 Å². The number of carbonyl (C=O) groups is 1. The summed E-state index contributed by atoms with van der Waals surface area (Å²) >= 11 is 0. The van der Waals surface area contributed by atoms with Gasteiger partial charge in [0.15, 0.2) is 0 Å². The Labute approximate surface area is 110 Å². The molecule has 19 heavy (non-hydrogen) atoms. The molecule has 0 aliphatic heterocycles. The molecule has 0 unspecified atom stereocenters. The average Bonchev–Trinajstić information content (AvgIpc) is 2.41. The van der Waals surface area contributed by atoms with E-state index in [0.717, 1.165) is 5.56 Å². The molecule has 0 radical (unpaired) electrons. The number of hydrogen-bond acceptors (Lipinski definition) is 1. The van der Waals surface area contributed by atoms with Gasteiger partial charge >= 0.3 is 0 Å². The summed E-state index contributed by atoms with van der Waals surface area (Å²) in [7, 11) is 1.53. The number of aryl methyl sites for hydroxylation is 1. The number of halogens is 2. The molecular formula is C15H13F2NO. The van der Waals surface area contributed by atoms with Crippen LogP contribution in [0.15, 0.2) is 42.5 Å². The van der Waals surface area contributed by atoms with Crippen molar-refractivity contribution in [3.05, 3.63) is 65.2 Å². The van der Waals surface area contributed by atoms with Crippen LogP contribution in [0.25, 0.3) is 0 Å². The Morgan fingerprint density at radius 1 is 1.05 bits per heavy atom. The molecule has 98 valence electrons. The van der Waals surface area contributed by atoms with E-state index in [2.05, 4.69) is 0 Å². The first-order valence-corrected chi connectivity index (χ1v) is 5.79. The van der Waals surface area contributed by atoms with Gasteiger partial charge in [0.2, 0.25) is 0 Å². The highest BCUT2D eigenvalue weighted by Crippen LogP contribution is 2.18. The molecule has 0 aliphatic rings. The Bertz CT molecular complexity index is 608. The molecule has 0 heterocycles. The van der Waals surface area contributed by atoms with Crippen LogP contribution in [0.4, 0.5) is 14.5 Å². The lowest BCUT2D eigenvalue weighted by molar-refractivity contribution is 0.0989. The molecule has 0 spiro atoms. The molecule has 0 aliphatic carbocycles. The topological polar surface area (TPSA) is 20.3 Å². The summed E-state index contributed by atoms with van der Waals surface area (Å²) in [6.45, 7) is 1.79. The third kappa shape index (κ3) is 2.78. The van der Waals surface area contributed by atoms with Crippen molar-refractivity contribution in [3.8, 4) is 0 Å². The number of carbonyl (C=O) groups excluding carboxylic acids is 1. The highest BCUT2D eigenvalue weighted by molar-refractivity contribution is 6.06. The normalized spacial score (nSPS) is 10.3. The number of benzene rings is 2. The van der Waals surface area contributed by atoms with Crippen molar-refractivity contribution in [3.63, 3.8) is 0 Å². The van der Waals surface area contributed by atoms with E-state index in [1.807, 2.05) is 0 Å². The predicted molar refractivity (Wildman–Crippen MR) is 70.3 cm³/mol. The summed E-state index contributed by atoms with van der Waals surface area (Å²) < 4.78 is 26.5. The number of amides is 1. The molecule has 2 rings (SSSR count). The summed E-state index contributed by atoms with van der Waals surface area (Å²) in [4.78, 5) is 13.5. The SMILES string of the molecule is Cc1ccc(F)c(C(=O)N(C)c2ccc(F)cc2)c1. The molecule has 0 atom stereocenters. The molecule has 2 aromatic carbocycles. The lowest BCUT2D eigenvalue weighted by Crippen LogP contribution is -2.27. The van der Waals surface area contributed by atoms with Crippen molar-refractivity contribution in [1.82, 2.24) is 0 Å².